The van der Waals surface area contributed by atoms with Crippen LogP contribution in [0.2, 0.25) is 0 Å². The number of hydrogen-bond acceptors (Lipinski definition) is 14. The van der Waals surface area contributed by atoms with Crippen LogP contribution >= 0.6 is 34.9 Å². The molecule has 2 aromatic carbocycles. The van der Waals surface area contributed by atoms with Gasteiger partial charge in [0.15, 0.2) is 16.9 Å². The summed E-state index contributed by atoms with van der Waals surface area (Å²) in [7, 11) is 1.70. The number of thiazole rings is 1. The molecule has 14 nitrogen and oxygen atoms in total. The van der Waals surface area contributed by atoms with Crippen LogP contribution in [-0.2, 0) is 26.2 Å². The standard InChI is InChI=1S/C28H27N9O5S3/c1-36-27(32-34-35-36)45-15-28(25(40)42-21(16-8-4-2-5-9-16)17-10-6-3-7-11-17)13-37-23(39)20(24(37)44-14-28)31-22(38)19(33-41)18-12-43-26(29)30-18/h2-12,20-21,24,41H,13-15H2,1H3,(H2,29,30)(H,31,38)/t20?,24-,28?/m1/s1. The van der Waals surface area contributed by atoms with E-state index in [0.717, 1.165) is 22.5 Å². The Morgan fingerprint density at radius 3 is 2.47 bits per heavy atom. The second-order valence-corrected chi connectivity index (χ2v) is 13.3. The lowest BCUT2D eigenvalue weighted by Gasteiger charge is -2.54. The van der Waals surface area contributed by atoms with Crippen LogP contribution in [0.4, 0.5) is 5.13 Å². The Balaban J connectivity index is 1.23. The number of amides is 2. The van der Waals surface area contributed by atoms with Crippen molar-refractivity contribution >= 4 is 63.5 Å². The van der Waals surface area contributed by atoms with E-state index >= 15 is 0 Å². The Labute approximate surface area is 269 Å². The molecule has 2 aromatic heterocycles. The largest absolute Gasteiger partial charge is 0.452 e. The fourth-order valence-corrected chi connectivity index (χ4v) is 8.33. The Bertz CT molecular complexity index is 1700. The molecule has 0 radical (unpaired) electrons. The number of rotatable bonds is 10. The van der Waals surface area contributed by atoms with E-state index in [-0.39, 0.29) is 34.7 Å². The maximum Gasteiger partial charge on any atom is 0.316 e. The van der Waals surface area contributed by atoms with Crippen molar-refractivity contribution in [2.45, 2.75) is 22.7 Å². The Kier molecular flexibility index (Phi) is 8.73. The molecule has 2 aliphatic rings. The van der Waals surface area contributed by atoms with Crippen molar-refractivity contribution in [2.75, 3.05) is 23.8 Å². The minimum absolute atomic E-state index is 0.0624. The van der Waals surface area contributed by atoms with Gasteiger partial charge in [-0.3, -0.25) is 14.4 Å². The van der Waals surface area contributed by atoms with Gasteiger partial charge in [-0.15, -0.1) is 28.2 Å². The first-order valence-corrected chi connectivity index (χ1v) is 16.5. The van der Waals surface area contributed by atoms with Gasteiger partial charge in [0.2, 0.25) is 11.1 Å². The molecule has 2 fully saturated rings. The van der Waals surface area contributed by atoms with Crippen LogP contribution in [0.15, 0.2) is 76.4 Å². The zero-order chi connectivity index (χ0) is 31.6. The molecule has 0 aliphatic carbocycles. The van der Waals surface area contributed by atoms with Crippen molar-refractivity contribution in [1.82, 2.24) is 35.4 Å². The Morgan fingerprint density at radius 2 is 1.89 bits per heavy atom. The fourth-order valence-electron chi connectivity index (χ4n) is 5.08. The highest BCUT2D eigenvalue weighted by Gasteiger charge is 2.58. The Hall–Kier alpha value is -4.48. The van der Waals surface area contributed by atoms with E-state index in [1.165, 1.54) is 33.6 Å². The third kappa shape index (κ3) is 6.10. The predicted octanol–water partition coefficient (Wildman–Crippen LogP) is 1.94. The summed E-state index contributed by atoms with van der Waals surface area (Å²) in [6.45, 7) is 0.0624. The van der Waals surface area contributed by atoms with Gasteiger partial charge >= 0.3 is 5.97 Å². The van der Waals surface area contributed by atoms with Crippen molar-refractivity contribution in [3.05, 3.63) is 82.9 Å². The average molecular weight is 666 g/mol. The molecule has 2 aliphatic heterocycles. The van der Waals surface area contributed by atoms with Crippen molar-refractivity contribution in [1.29, 1.82) is 0 Å². The molecule has 4 aromatic rings. The molecule has 0 bridgehead atoms. The van der Waals surface area contributed by atoms with Gasteiger partial charge in [0.25, 0.3) is 5.91 Å². The molecule has 0 saturated carbocycles. The van der Waals surface area contributed by atoms with Crippen LogP contribution in [0.5, 0.6) is 0 Å². The van der Waals surface area contributed by atoms with E-state index in [1.807, 2.05) is 60.7 Å². The molecule has 232 valence electrons. The minimum Gasteiger partial charge on any atom is -0.452 e. The number of hydrogen-bond donors (Lipinski definition) is 3. The number of thioether (sulfide) groups is 2. The summed E-state index contributed by atoms with van der Waals surface area (Å²) < 4.78 is 7.82. The molecule has 0 spiro atoms. The van der Waals surface area contributed by atoms with Gasteiger partial charge in [0.05, 0.1) is 0 Å². The number of β-lactam (4-membered cyclic amide) rings is 1. The number of oxime groups is 1. The van der Waals surface area contributed by atoms with Gasteiger partial charge < -0.3 is 25.9 Å². The number of nitrogen functional groups attached to an aromatic ring is 1. The molecular formula is C28H27N9O5S3. The second kappa shape index (κ2) is 12.9. The van der Waals surface area contributed by atoms with Crippen LogP contribution in [-0.4, -0.2) is 88.3 Å². The number of ether oxygens (including phenoxy) is 1. The highest BCUT2D eigenvalue weighted by atomic mass is 32.2. The number of benzene rings is 2. The van der Waals surface area contributed by atoms with Gasteiger partial charge in [-0.05, 0) is 21.6 Å². The zero-order valence-electron chi connectivity index (χ0n) is 23.7. The Morgan fingerprint density at radius 1 is 1.20 bits per heavy atom. The summed E-state index contributed by atoms with van der Waals surface area (Å²) in [4.78, 5) is 46.2. The summed E-state index contributed by atoms with van der Waals surface area (Å²) in [5.41, 5.74) is 5.89. The van der Waals surface area contributed by atoms with Crippen LogP contribution in [0.25, 0.3) is 0 Å². The molecule has 17 heteroatoms. The van der Waals surface area contributed by atoms with E-state index in [2.05, 4.69) is 31.0 Å². The summed E-state index contributed by atoms with van der Waals surface area (Å²) in [6.07, 6.45) is -0.670. The number of esters is 1. The van der Waals surface area contributed by atoms with Gasteiger partial charge in [-0.1, -0.05) is 77.6 Å². The quantitative estimate of drug-likeness (QED) is 0.0558. The van der Waals surface area contributed by atoms with Gasteiger partial charge in [-0.25, -0.2) is 9.67 Å². The first kappa shape index (κ1) is 30.5. The first-order valence-electron chi connectivity index (χ1n) is 13.6. The number of nitrogens with one attached hydrogen (secondary N) is 1. The molecule has 4 heterocycles. The second-order valence-electron chi connectivity index (χ2n) is 10.4. The molecule has 2 amide bonds. The molecule has 2 unspecified atom stereocenters. The van der Waals surface area contributed by atoms with Crippen LogP contribution < -0.4 is 11.1 Å². The minimum atomic E-state index is -1.12. The van der Waals surface area contributed by atoms with E-state index in [4.69, 9.17) is 10.5 Å². The van der Waals surface area contributed by atoms with E-state index in [0.29, 0.717) is 10.9 Å². The monoisotopic (exact) mass is 665 g/mol. The number of aryl methyl sites for hydroxylation is 1. The third-order valence-corrected chi connectivity index (χ3v) is 11.0. The third-order valence-electron chi connectivity index (χ3n) is 7.43. The SMILES string of the molecule is Cn1nnnc1SCC1(C(=O)OC(c2ccccc2)c2ccccc2)CS[C@@H]2C(NC(=O)C(=NO)c3csc(N)n3)C(=O)N2C1. The fraction of sp³-hybridized carbons (Fsp3) is 0.286. The summed E-state index contributed by atoms with van der Waals surface area (Å²) in [6, 6.07) is 18.0. The molecule has 6 rings (SSSR count). The zero-order valence-corrected chi connectivity index (χ0v) is 26.2. The van der Waals surface area contributed by atoms with Crippen LogP contribution in [0.1, 0.15) is 22.9 Å². The number of anilines is 1. The summed E-state index contributed by atoms with van der Waals surface area (Å²) >= 11 is 3.75. The lowest BCUT2D eigenvalue weighted by atomic mass is 9.88. The van der Waals surface area contributed by atoms with Crippen LogP contribution in [0, 0.1) is 5.41 Å². The van der Waals surface area contributed by atoms with Crippen molar-refractivity contribution in [3.8, 4) is 0 Å². The smallest absolute Gasteiger partial charge is 0.316 e. The lowest BCUT2D eigenvalue weighted by Crippen LogP contribution is -2.74. The number of carbonyl (C=O) groups excluding carboxylic acids is 3. The molecule has 4 N–H and O–H groups in total. The molecule has 45 heavy (non-hydrogen) atoms. The predicted molar refractivity (Wildman–Crippen MR) is 168 cm³/mol. The molecule has 3 atom stereocenters. The van der Waals surface area contributed by atoms with Gasteiger partial charge in [0.1, 0.15) is 22.5 Å². The van der Waals surface area contributed by atoms with E-state index in [9.17, 15) is 19.6 Å². The topological polar surface area (TPSA) is 191 Å². The highest BCUT2D eigenvalue weighted by Crippen LogP contribution is 2.45. The first-order chi connectivity index (χ1) is 21.8. The maximum absolute atomic E-state index is 14.3. The van der Waals surface area contributed by atoms with E-state index < -0.39 is 34.8 Å². The number of tetrazole rings is 1. The summed E-state index contributed by atoms with van der Waals surface area (Å²) in [5.74, 6) is -1.07. The van der Waals surface area contributed by atoms with Crippen LogP contribution in [0.3, 0.4) is 0 Å². The van der Waals surface area contributed by atoms with Crippen molar-refractivity contribution in [2.24, 2.45) is 17.6 Å². The maximum atomic E-state index is 14.3. The summed E-state index contributed by atoms with van der Waals surface area (Å²) in [5, 5.41) is 28.5. The van der Waals surface area contributed by atoms with E-state index in [1.54, 1.807) is 11.9 Å². The lowest BCUT2D eigenvalue weighted by molar-refractivity contribution is -0.164. The van der Waals surface area contributed by atoms with Crippen molar-refractivity contribution < 1.29 is 24.3 Å². The average Bonchev–Trinajstić information content (AvgIpc) is 3.69. The molecule has 2 saturated heterocycles. The van der Waals surface area contributed by atoms with Gasteiger partial charge in [0, 0.05) is 30.5 Å². The van der Waals surface area contributed by atoms with Gasteiger partial charge in [-0.2, -0.15) is 0 Å². The number of nitrogens with two attached hydrogens (primary N) is 1. The van der Waals surface area contributed by atoms with Crippen molar-refractivity contribution in [3.63, 3.8) is 0 Å². The number of carbonyl (C=O) groups is 3. The number of aromatic nitrogens is 5. The highest BCUT2D eigenvalue weighted by molar-refractivity contribution is 8.00. The number of nitrogens with zero attached hydrogens (tertiary/aromatic N) is 7. The normalized spacial score (nSPS) is 21.2. The number of fused-ring (bicyclic) bond motifs is 1. The molecular weight excluding hydrogens is 639 g/mol.